The summed E-state index contributed by atoms with van der Waals surface area (Å²) in [4.78, 5) is 17.3. The third-order valence-corrected chi connectivity index (χ3v) is 6.01. The van der Waals surface area contributed by atoms with Gasteiger partial charge in [-0.05, 0) is 39.7 Å². The number of nitrogens with one attached hydrogen (secondary N) is 1. The molecule has 0 aromatic heterocycles. The van der Waals surface area contributed by atoms with E-state index < -0.39 is 15.9 Å². The molecule has 0 atom stereocenters. The number of carbonyl (C=O) groups is 1. The van der Waals surface area contributed by atoms with Crippen LogP contribution in [0.25, 0.3) is 0 Å². The SMILES string of the molecule is CN(C)S(=O)(=O)c1cc(C(=O)NOCc2ccccc2)ccc1Br. The van der Waals surface area contributed by atoms with E-state index in [1.54, 1.807) is 0 Å². The van der Waals surface area contributed by atoms with Gasteiger partial charge < -0.3 is 0 Å². The molecule has 128 valence electrons. The molecule has 2 aromatic rings. The summed E-state index contributed by atoms with van der Waals surface area (Å²) in [6, 6.07) is 13.7. The van der Waals surface area contributed by atoms with Crippen LogP contribution in [-0.4, -0.2) is 32.7 Å². The maximum atomic E-state index is 12.3. The number of halogens is 1. The molecule has 0 spiro atoms. The largest absolute Gasteiger partial charge is 0.274 e. The lowest BCUT2D eigenvalue weighted by atomic mass is 10.2. The molecule has 24 heavy (non-hydrogen) atoms. The van der Waals surface area contributed by atoms with Crippen molar-refractivity contribution in [3.8, 4) is 0 Å². The third kappa shape index (κ3) is 4.41. The highest BCUT2D eigenvalue weighted by Crippen LogP contribution is 2.25. The highest BCUT2D eigenvalue weighted by molar-refractivity contribution is 9.10. The van der Waals surface area contributed by atoms with Gasteiger partial charge in [-0.2, -0.15) is 0 Å². The first-order valence-electron chi connectivity index (χ1n) is 7.00. The van der Waals surface area contributed by atoms with Crippen molar-refractivity contribution in [2.24, 2.45) is 0 Å². The van der Waals surface area contributed by atoms with Gasteiger partial charge in [-0.15, -0.1) is 0 Å². The Morgan fingerprint density at radius 3 is 2.46 bits per heavy atom. The van der Waals surface area contributed by atoms with Crippen molar-refractivity contribution >= 4 is 31.9 Å². The van der Waals surface area contributed by atoms with Crippen molar-refractivity contribution in [1.82, 2.24) is 9.79 Å². The van der Waals surface area contributed by atoms with Gasteiger partial charge in [-0.3, -0.25) is 9.63 Å². The van der Waals surface area contributed by atoms with Gasteiger partial charge in [0.15, 0.2) is 0 Å². The minimum atomic E-state index is -3.66. The van der Waals surface area contributed by atoms with Crippen molar-refractivity contribution in [2.75, 3.05) is 14.1 Å². The zero-order valence-electron chi connectivity index (χ0n) is 13.2. The maximum absolute atomic E-state index is 12.3. The molecule has 0 unspecified atom stereocenters. The Morgan fingerprint density at radius 2 is 1.83 bits per heavy atom. The van der Waals surface area contributed by atoms with Crippen LogP contribution < -0.4 is 5.48 Å². The molecule has 0 aliphatic rings. The van der Waals surface area contributed by atoms with Gasteiger partial charge >= 0.3 is 0 Å². The normalized spacial score (nSPS) is 11.5. The van der Waals surface area contributed by atoms with E-state index in [2.05, 4.69) is 21.4 Å². The fourth-order valence-electron chi connectivity index (χ4n) is 1.86. The van der Waals surface area contributed by atoms with E-state index >= 15 is 0 Å². The summed E-state index contributed by atoms with van der Waals surface area (Å²) in [5.74, 6) is -0.520. The lowest BCUT2D eigenvalue weighted by Gasteiger charge is -2.14. The highest BCUT2D eigenvalue weighted by atomic mass is 79.9. The molecular formula is C16H17BrN2O4S. The van der Waals surface area contributed by atoms with Gasteiger partial charge in [0.05, 0.1) is 11.5 Å². The number of hydrogen-bond acceptors (Lipinski definition) is 4. The van der Waals surface area contributed by atoms with Gasteiger partial charge in [0.1, 0.15) is 0 Å². The van der Waals surface area contributed by atoms with Gasteiger partial charge in [-0.1, -0.05) is 30.3 Å². The summed E-state index contributed by atoms with van der Waals surface area (Å²) in [6.45, 7) is 0.214. The Balaban J connectivity index is 2.10. The minimum Gasteiger partial charge on any atom is -0.269 e. The molecule has 1 N–H and O–H groups in total. The lowest BCUT2D eigenvalue weighted by Crippen LogP contribution is -2.25. The Bertz CT molecular complexity index is 823. The molecule has 0 heterocycles. The second kappa shape index (κ2) is 7.89. The van der Waals surface area contributed by atoms with Crippen molar-refractivity contribution in [3.63, 3.8) is 0 Å². The molecular weight excluding hydrogens is 396 g/mol. The quantitative estimate of drug-likeness (QED) is 0.739. The molecule has 0 saturated heterocycles. The zero-order chi connectivity index (χ0) is 17.7. The number of carbonyl (C=O) groups excluding carboxylic acids is 1. The molecule has 6 nitrogen and oxygen atoms in total. The molecule has 2 rings (SSSR count). The van der Waals surface area contributed by atoms with Crippen molar-refractivity contribution in [1.29, 1.82) is 0 Å². The summed E-state index contributed by atoms with van der Waals surface area (Å²) in [6.07, 6.45) is 0. The van der Waals surface area contributed by atoms with Gasteiger partial charge in [0.2, 0.25) is 10.0 Å². The summed E-state index contributed by atoms with van der Waals surface area (Å²) in [7, 11) is -0.805. The van der Waals surface area contributed by atoms with E-state index in [0.717, 1.165) is 9.87 Å². The predicted molar refractivity (Wildman–Crippen MR) is 93.7 cm³/mol. The summed E-state index contributed by atoms with van der Waals surface area (Å²) < 4.78 is 26.0. The van der Waals surface area contributed by atoms with Crippen molar-refractivity contribution in [2.45, 2.75) is 11.5 Å². The number of hydroxylamine groups is 1. The van der Waals surface area contributed by atoms with Crippen LogP contribution >= 0.6 is 15.9 Å². The zero-order valence-corrected chi connectivity index (χ0v) is 15.6. The molecule has 2 aromatic carbocycles. The van der Waals surface area contributed by atoms with Gasteiger partial charge in [0, 0.05) is 24.1 Å². The van der Waals surface area contributed by atoms with E-state index in [-0.39, 0.29) is 17.1 Å². The molecule has 1 amide bonds. The minimum absolute atomic E-state index is 0.0169. The van der Waals surface area contributed by atoms with E-state index in [4.69, 9.17) is 4.84 Å². The van der Waals surface area contributed by atoms with E-state index in [9.17, 15) is 13.2 Å². The number of amides is 1. The Morgan fingerprint density at radius 1 is 1.17 bits per heavy atom. The second-order valence-electron chi connectivity index (χ2n) is 5.14. The molecule has 0 saturated carbocycles. The number of benzene rings is 2. The molecule has 0 bridgehead atoms. The van der Waals surface area contributed by atoms with Crippen LogP contribution in [0.5, 0.6) is 0 Å². The van der Waals surface area contributed by atoms with Crippen LogP contribution in [0.15, 0.2) is 57.9 Å². The van der Waals surface area contributed by atoms with Gasteiger partial charge in [-0.25, -0.2) is 18.2 Å². The first kappa shape index (κ1) is 18.6. The molecule has 0 fully saturated rings. The number of sulfonamides is 1. The fraction of sp³-hybridized carbons (Fsp3) is 0.188. The van der Waals surface area contributed by atoms with Crippen LogP contribution in [0.1, 0.15) is 15.9 Å². The molecule has 8 heteroatoms. The molecule has 0 aliphatic carbocycles. The topological polar surface area (TPSA) is 75.7 Å². The number of hydrogen-bond donors (Lipinski definition) is 1. The number of nitrogens with zero attached hydrogens (tertiary/aromatic N) is 1. The van der Waals surface area contributed by atoms with Crippen LogP contribution in [0.3, 0.4) is 0 Å². The first-order chi connectivity index (χ1) is 11.3. The van der Waals surface area contributed by atoms with Crippen LogP contribution in [0.2, 0.25) is 0 Å². The van der Waals surface area contributed by atoms with Crippen molar-refractivity contribution < 1.29 is 18.0 Å². The third-order valence-electron chi connectivity index (χ3n) is 3.20. The summed E-state index contributed by atoms with van der Waals surface area (Å²) in [5, 5.41) is 0. The smallest absolute Gasteiger partial charge is 0.269 e. The standard InChI is InChI=1S/C16H17BrN2O4S/c1-19(2)24(21,22)15-10-13(8-9-14(15)17)16(20)18-23-11-12-6-4-3-5-7-12/h3-10H,11H2,1-2H3,(H,18,20). The maximum Gasteiger partial charge on any atom is 0.274 e. The average Bonchev–Trinajstić information content (AvgIpc) is 2.55. The Hall–Kier alpha value is -1.74. The number of rotatable bonds is 6. The second-order valence-corrected chi connectivity index (χ2v) is 8.11. The summed E-state index contributed by atoms with van der Waals surface area (Å²) >= 11 is 3.20. The fourth-order valence-corrected chi connectivity index (χ4v) is 3.70. The Labute approximate surface area is 149 Å². The highest BCUT2D eigenvalue weighted by Gasteiger charge is 2.22. The average molecular weight is 413 g/mol. The molecule has 0 radical (unpaired) electrons. The van der Waals surface area contributed by atoms with Crippen LogP contribution in [-0.2, 0) is 21.5 Å². The molecule has 0 aliphatic heterocycles. The van der Waals surface area contributed by atoms with Gasteiger partial charge in [0.25, 0.3) is 5.91 Å². The first-order valence-corrected chi connectivity index (χ1v) is 9.24. The van der Waals surface area contributed by atoms with Crippen LogP contribution in [0, 0.1) is 0 Å². The van der Waals surface area contributed by atoms with E-state index in [1.807, 2.05) is 30.3 Å². The Kier molecular flexibility index (Phi) is 6.11. The monoisotopic (exact) mass is 412 g/mol. The van der Waals surface area contributed by atoms with Crippen molar-refractivity contribution in [3.05, 3.63) is 64.1 Å². The predicted octanol–water partition coefficient (Wildman–Crippen LogP) is 2.56. The van der Waals surface area contributed by atoms with E-state index in [0.29, 0.717) is 4.47 Å². The lowest BCUT2D eigenvalue weighted by molar-refractivity contribution is 0.0233. The van der Waals surface area contributed by atoms with Crippen LogP contribution in [0.4, 0.5) is 0 Å². The summed E-state index contributed by atoms with van der Waals surface area (Å²) in [5.41, 5.74) is 3.41. The van der Waals surface area contributed by atoms with E-state index in [1.165, 1.54) is 32.3 Å².